The number of sulfonamides is 1. The van der Waals surface area contributed by atoms with Crippen LogP contribution in [0.2, 0.25) is 0 Å². The Hall–Kier alpha value is -2.19. The lowest BCUT2D eigenvalue weighted by Crippen LogP contribution is -2.49. The van der Waals surface area contributed by atoms with E-state index in [1.807, 2.05) is 24.4 Å². The predicted molar refractivity (Wildman–Crippen MR) is 118 cm³/mol. The van der Waals surface area contributed by atoms with Crippen LogP contribution >= 0.6 is 0 Å². The van der Waals surface area contributed by atoms with Gasteiger partial charge in [-0.2, -0.15) is 9.29 Å². The fourth-order valence-electron chi connectivity index (χ4n) is 4.76. The summed E-state index contributed by atoms with van der Waals surface area (Å²) in [5.41, 5.74) is 2.51. The second-order valence-electron chi connectivity index (χ2n) is 8.44. The van der Waals surface area contributed by atoms with Gasteiger partial charge in [-0.3, -0.25) is 0 Å². The van der Waals surface area contributed by atoms with E-state index in [2.05, 4.69) is 14.8 Å². The number of anilines is 2. The molecule has 3 heterocycles. The average molecular weight is 428 g/mol. The molecule has 3 aliphatic rings. The number of piperazine rings is 1. The third kappa shape index (κ3) is 3.78. The molecule has 0 N–H and O–H groups in total. The minimum absolute atomic E-state index is 0.440. The molecule has 2 aromatic rings. The van der Waals surface area contributed by atoms with Gasteiger partial charge in [0.25, 0.3) is 0 Å². The van der Waals surface area contributed by atoms with E-state index >= 15 is 0 Å². The Bertz CT molecular complexity index is 1010. The zero-order chi connectivity index (χ0) is 20.6. The van der Waals surface area contributed by atoms with Crippen LogP contribution in [0.15, 0.2) is 35.4 Å². The number of rotatable bonds is 4. The summed E-state index contributed by atoms with van der Waals surface area (Å²) in [7, 11) is -3.46. The molecule has 160 valence electrons. The summed E-state index contributed by atoms with van der Waals surface area (Å²) in [6.07, 6.45) is 8.58. The van der Waals surface area contributed by atoms with E-state index in [-0.39, 0.29) is 0 Å². The van der Waals surface area contributed by atoms with Gasteiger partial charge in [-0.1, -0.05) is 6.07 Å². The number of aromatic nitrogens is 2. The zero-order valence-corrected chi connectivity index (χ0v) is 18.1. The van der Waals surface area contributed by atoms with Crippen molar-refractivity contribution in [1.29, 1.82) is 0 Å². The number of hydrogen-bond donors (Lipinski definition) is 0. The molecule has 0 saturated carbocycles. The molecule has 7 nitrogen and oxygen atoms in total. The van der Waals surface area contributed by atoms with E-state index in [0.29, 0.717) is 31.1 Å². The second kappa shape index (κ2) is 8.15. The first-order valence-electron chi connectivity index (χ1n) is 11.1. The second-order valence-corrected chi connectivity index (χ2v) is 10.4. The topological polar surface area (TPSA) is 69.6 Å². The molecule has 5 rings (SSSR count). The Morgan fingerprint density at radius 2 is 1.50 bits per heavy atom. The summed E-state index contributed by atoms with van der Waals surface area (Å²) in [6, 6.07) is 7.63. The molecule has 1 aromatic carbocycles. The van der Waals surface area contributed by atoms with Gasteiger partial charge in [0.15, 0.2) is 0 Å². The van der Waals surface area contributed by atoms with Gasteiger partial charge in [0.1, 0.15) is 5.82 Å². The van der Waals surface area contributed by atoms with Crippen molar-refractivity contribution in [2.75, 3.05) is 49.1 Å². The van der Waals surface area contributed by atoms with Crippen LogP contribution in [0.1, 0.15) is 36.8 Å². The molecule has 2 fully saturated rings. The Morgan fingerprint density at radius 1 is 0.767 bits per heavy atom. The third-order valence-electron chi connectivity index (χ3n) is 6.54. The highest BCUT2D eigenvalue weighted by Gasteiger charge is 2.30. The van der Waals surface area contributed by atoms with Gasteiger partial charge in [-0.15, -0.1) is 0 Å². The number of benzene rings is 1. The monoisotopic (exact) mass is 427 g/mol. The summed E-state index contributed by atoms with van der Waals surface area (Å²) >= 11 is 0. The number of aryl methyl sites for hydroxylation is 2. The first-order chi connectivity index (χ1) is 14.6. The molecule has 0 amide bonds. The van der Waals surface area contributed by atoms with Crippen molar-refractivity contribution in [3.63, 3.8) is 0 Å². The summed E-state index contributed by atoms with van der Waals surface area (Å²) in [4.78, 5) is 14.0. The standard InChI is InChI=1S/C22H29N5O2S/c28-30(29,20-8-7-18-5-1-2-6-19(18)17-20)27-15-13-25(14-16-27)21-9-10-23-22(24-21)26-11-3-4-12-26/h7-10,17H,1-6,11-16H2. The lowest BCUT2D eigenvalue weighted by molar-refractivity contribution is 0.383. The maximum absolute atomic E-state index is 13.2. The first kappa shape index (κ1) is 19.8. The van der Waals surface area contributed by atoms with Crippen molar-refractivity contribution in [2.24, 2.45) is 0 Å². The van der Waals surface area contributed by atoms with Gasteiger partial charge in [-0.05, 0) is 67.9 Å². The highest BCUT2D eigenvalue weighted by atomic mass is 32.2. The molecule has 2 saturated heterocycles. The molecule has 1 aliphatic carbocycles. The minimum Gasteiger partial charge on any atom is -0.354 e. The summed E-state index contributed by atoms with van der Waals surface area (Å²) in [5.74, 6) is 1.67. The lowest BCUT2D eigenvalue weighted by atomic mass is 9.92. The average Bonchev–Trinajstić information content (AvgIpc) is 3.34. The van der Waals surface area contributed by atoms with Crippen molar-refractivity contribution in [3.05, 3.63) is 41.6 Å². The van der Waals surface area contributed by atoms with Crippen LogP contribution in [0.3, 0.4) is 0 Å². The third-order valence-corrected chi connectivity index (χ3v) is 8.43. The molecule has 0 radical (unpaired) electrons. The van der Waals surface area contributed by atoms with Crippen molar-refractivity contribution >= 4 is 21.8 Å². The lowest BCUT2D eigenvalue weighted by Gasteiger charge is -2.35. The molecule has 2 aliphatic heterocycles. The molecule has 8 heteroatoms. The van der Waals surface area contributed by atoms with Crippen molar-refractivity contribution in [1.82, 2.24) is 14.3 Å². The Balaban J connectivity index is 1.28. The van der Waals surface area contributed by atoms with Crippen molar-refractivity contribution in [3.8, 4) is 0 Å². The van der Waals surface area contributed by atoms with Crippen LogP contribution in [0, 0.1) is 0 Å². The molecule has 30 heavy (non-hydrogen) atoms. The number of hydrogen-bond acceptors (Lipinski definition) is 6. The predicted octanol–water partition coefficient (Wildman–Crippen LogP) is 2.47. The van der Waals surface area contributed by atoms with E-state index in [1.165, 1.54) is 30.4 Å². The van der Waals surface area contributed by atoms with Gasteiger partial charge >= 0.3 is 0 Å². The summed E-state index contributed by atoms with van der Waals surface area (Å²) in [6.45, 7) is 4.25. The van der Waals surface area contributed by atoms with E-state index < -0.39 is 10.0 Å². The van der Waals surface area contributed by atoms with Crippen LogP contribution in [0.5, 0.6) is 0 Å². The van der Waals surface area contributed by atoms with Crippen LogP contribution in [-0.4, -0.2) is 62.0 Å². The molecular formula is C22H29N5O2S. The highest BCUT2D eigenvalue weighted by Crippen LogP contribution is 2.27. The molecule has 0 spiro atoms. The smallest absolute Gasteiger partial charge is 0.243 e. The maximum Gasteiger partial charge on any atom is 0.243 e. The van der Waals surface area contributed by atoms with Gasteiger partial charge in [0.05, 0.1) is 4.90 Å². The maximum atomic E-state index is 13.2. The summed E-state index contributed by atoms with van der Waals surface area (Å²) < 4.78 is 28.1. The van der Waals surface area contributed by atoms with E-state index in [0.717, 1.165) is 44.1 Å². The number of fused-ring (bicyclic) bond motifs is 1. The largest absolute Gasteiger partial charge is 0.354 e. The van der Waals surface area contributed by atoms with Crippen LogP contribution in [0.4, 0.5) is 11.8 Å². The van der Waals surface area contributed by atoms with Gasteiger partial charge in [0, 0.05) is 45.5 Å². The minimum atomic E-state index is -3.46. The highest BCUT2D eigenvalue weighted by molar-refractivity contribution is 7.89. The summed E-state index contributed by atoms with van der Waals surface area (Å²) in [5, 5.41) is 0. The fourth-order valence-corrected chi connectivity index (χ4v) is 6.24. The quantitative estimate of drug-likeness (QED) is 0.747. The molecular weight excluding hydrogens is 398 g/mol. The molecule has 1 aromatic heterocycles. The van der Waals surface area contributed by atoms with Crippen LogP contribution in [0.25, 0.3) is 0 Å². The van der Waals surface area contributed by atoms with Crippen molar-refractivity contribution < 1.29 is 8.42 Å². The fraction of sp³-hybridized carbons (Fsp3) is 0.545. The molecule has 0 unspecified atom stereocenters. The van der Waals surface area contributed by atoms with Crippen LogP contribution in [-0.2, 0) is 22.9 Å². The van der Waals surface area contributed by atoms with E-state index in [1.54, 1.807) is 10.4 Å². The van der Waals surface area contributed by atoms with Gasteiger partial charge < -0.3 is 9.80 Å². The van der Waals surface area contributed by atoms with Crippen molar-refractivity contribution in [2.45, 2.75) is 43.4 Å². The Morgan fingerprint density at radius 3 is 2.27 bits per heavy atom. The molecule has 0 atom stereocenters. The Kier molecular flexibility index (Phi) is 5.37. The molecule has 0 bridgehead atoms. The first-order valence-corrected chi connectivity index (χ1v) is 12.5. The van der Waals surface area contributed by atoms with Gasteiger partial charge in [-0.25, -0.2) is 13.4 Å². The van der Waals surface area contributed by atoms with Gasteiger partial charge in [0.2, 0.25) is 16.0 Å². The normalized spacial score (nSPS) is 20.4. The number of nitrogens with zero attached hydrogens (tertiary/aromatic N) is 5. The van der Waals surface area contributed by atoms with E-state index in [9.17, 15) is 8.42 Å². The Labute approximate surface area is 178 Å². The van der Waals surface area contributed by atoms with Crippen LogP contribution < -0.4 is 9.80 Å². The zero-order valence-electron chi connectivity index (χ0n) is 17.3. The SMILES string of the molecule is O=S(=O)(c1ccc2c(c1)CCCC2)N1CCN(c2ccnc(N3CCCC3)n2)CC1. The van der Waals surface area contributed by atoms with E-state index in [4.69, 9.17) is 4.98 Å².